The van der Waals surface area contributed by atoms with Crippen LogP contribution in [-0.2, 0) is 14.0 Å². The Bertz CT molecular complexity index is 884. The SMILES string of the molecule is COC(=O)C(C[C@@H](C)[C@H]1CC[C@H]2[C@@H]3CC=C4C(C)(C)[C@@H](C(C)(C)C)CC[C@]4(C)[C@H]3CC[C@]12C)O[Si](C)C. The standard InChI is InChI=1S/C33H57O3Si/c1-21(20-26(29(34)35-9)36-37(10)11)23-13-14-24-22-12-15-28-31(5,6)27(30(2,3)4)17-19-33(28,8)25(22)16-18-32(23,24)7/h15,21-27H,12-14,16-20H2,1-11H3/t21-,22+,23-,24+,25+,26?,27-,32-,33-/m1/s1. The zero-order chi connectivity index (χ0) is 27.6. The molecule has 0 spiro atoms. The monoisotopic (exact) mass is 529 g/mol. The average molecular weight is 530 g/mol. The first-order valence-electron chi connectivity index (χ1n) is 15.3. The number of allylic oxidation sites excluding steroid dienone is 2. The summed E-state index contributed by atoms with van der Waals surface area (Å²) in [5, 5.41) is 0. The van der Waals surface area contributed by atoms with Crippen LogP contribution in [0.4, 0.5) is 0 Å². The van der Waals surface area contributed by atoms with Crippen molar-refractivity contribution < 1.29 is 14.0 Å². The molecular formula is C33H57O3Si. The van der Waals surface area contributed by atoms with Gasteiger partial charge >= 0.3 is 5.97 Å². The Labute approximate surface area is 230 Å². The Morgan fingerprint density at radius 2 is 1.73 bits per heavy atom. The normalized spacial score (nSPS) is 40.8. The highest BCUT2D eigenvalue weighted by atomic mass is 28.3. The first-order valence-corrected chi connectivity index (χ1v) is 17.7. The van der Waals surface area contributed by atoms with Gasteiger partial charge in [-0.15, -0.1) is 0 Å². The van der Waals surface area contributed by atoms with Gasteiger partial charge < -0.3 is 9.16 Å². The van der Waals surface area contributed by atoms with E-state index in [-0.39, 0.29) is 11.4 Å². The van der Waals surface area contributed by atoms with Crippen molar-refractivity contribution in [2.75, 3.05) is 7.11 Å². The van der Waals surface area contributed by atoms with Gasteiger partial charge in [0.25, 0.3) is 0 Å². The number of esters is 1. The van der Waals surface area contributed by atoms with Crippen LogP contribution in [-0.4, -0.2) is 28.2 Å². The molecule has 1 unspecified atom stereocenters. The third kappa shape index (κ3) is 4.94. The van der Waals surface area contributed by atoms with Gasteiger partial charge in [0, 0.05) is 0 Å². The van der Waals surface area contributed by atoms with Gasteiger partial charge in [0.05, 0.1) is 7.11 Å². The second kappa shape index (κ2) is 10.1. The Balaban J connectivity index is 1.56. The van der Waals surface area contributed by atoms with E-state index in [0.717, 1.165) is 30.1 Å². The molecule has 0 amide bonds. The summed E-state index contributed by atoms with van der Waals surface area (Å²) in [6.45, 7) is 24.4. The molecule has 0 aromatic rings. The smallest absolute Gasteiger partial charge is 0.333 e. The average Bonchev–Trinajstić information content (AvgIpc) is 3.13. The fourth-order valence-corrected chi connectivity index (χ4v) is 11.8. The molecule has 1 radical (unpaired) electrons. The highest BCUT2D eigenvalue weighted by Gasteiger charge is 2.62. The summed E-state index contributed by atoms with van der Waals surface area (Å²) in [7, 11) is 0.540. The minimum absolute atomic E-state index is 0.187. The molecule has 0 aromatic heterocycles. The summed E-state index contributed by atoms with van der Waals surface area (Å²) in [5.41, 5.74) is 3.18. The van der Waals surface area contributed by atoms with Gasteiger partial charge in [0.1, 0.15) is 6.10 Å². The van der Waals surface area contributed by atoms with Crippen molar-refractivity contribution in [3.05, 3.63) is 11.6 Å². The molecule has 0 aliphatic heterocycles. The predicted octanol–water partition coefficient (Wildman–Crippen LogP) is 8.70. The molecular weight excluding hydrogens is 472 g/mol. The Kier molecular flexibility index (Phi) is 8.01. The number of hydrogen-bond donors (Lipinski definition) is 0. The third-order valence-electron chi connectivity index (χ3n) is 12.2. The van der Waals surface area contributed by atoms with Crippen molar-refractivity contribution >= 4 is 15.0 Å². The number of rotatable bonds is 6. The lowest BCUT2D eigenvalue weighted by atomic mass is 9.42. The third-order valence-corrected chi connectivity index (χ3v) is 13.0. The van der Waals surface area contributed by atoms with Gasteiger partial charge in [-0.1, -0.05) is 67.0 Å². The summed E-state index contributed by atoms with van der Waals surface area (Å²) >= 11 is 0. The van der Waals surface area contributed by atoms with E-state index in [0.29, 0.717) is 28.1 Å². The minimum atomic E-state index is -0.957. The minimum Gasteiger partial charge on any atom is -0.467 e. The number of fused-ring (bicyclic) bond motifs is 5. The Hall–Kier alpha value is -0.613. The topological polar surface area (TPSA) is 35.5 Å². The van der Waals surface area contributed by atoms with E-state index >= 15 is 0 Å². The van der Waals surface area contributed by atoms with Gasteiger partial charge in [-0.05, 0) is 122 Å². The summed E-state index contributed by atoms with van der Waals surface area (Å²) in [4.78, 5) is 12.5. The lowest BCUT2D eigenvalue weighted by Crippen LogP contribution is -2.55. The zero-order valence-corrected chi connectivity index (χ0v) is 27.0. The molecule has 3 saturated carbocycles. The maximum atomic E-state index is 12.5. The molecule has 9 atom stereocenters. The molecule has 4 aliphatic rings. The molecule has 4 aliphatic carbocycles. The molecule has 4 heteroatoms. The Morgan fingerprint density at radius 1 is 1.05 bits per heavy atom. The fourth-order valence-electron chi connectivity index (χ4n) is 11.0. The number of hydrogen-bond acceptors (Lipinski definition) is 3. The summed E-state index contributed by atoms with van der Waals surface area (Å²) in [5.74, 6) is 4.17. The van der Waals surface area contributed by atoms with Crippen molar-refractivity contribution in [3.8, 4) is 0 Å². The summed E-state index contributed by atoms with van der Waals surface area (Å²) < 4.78 is 11.3. The van der Waals surface area contributed by atoms with Crippen LogP contribution in [0.1, 0.15) is 107 Å². The van der Waals surface area contributed by atoms with E-state index in [1.54, 1.807) is 5.57 Å². The highest BCUT2D eigenvalue weighted by Crippen LogP contribution is 2.70. The molecule has 4 rings (SSSR count). The van der Waals surface area contributed by atoms with Crippen molar-refractivity contribution in [2.24, 2.45) is 57.2 Å². The lowest BCUT2D eigenvalue weighted by molar-refractivity contribution is -0.150. The second-order valence-corrected chi connectivity index (χ2v) is 17.9. The predicted molar refractivity (Wildman–Crippen MR) is 155 cm³/mol. The second-order valence-electron chi connectivity index (χ2n) is 15.8. The van der Waals surface area contributed by atoms with Crippen molar-refractivity contribution in [3.63, 3.8) is 0 Å². The zero-order valence-electron chi connectivity index (χ0n) is 26.0. The van der Waals surface area contributed by atoms with E-state index in [4.69, 9.17) is 9.16 Å². The van der Waals surface area contributed by atoms with Crippen LogP contribution in [0.15, 0.2) is 11.6 Å². The fraction of sp³-hybridized carbons (Fsp3) is 0.909. The van der Waals surface area contributed by atoms with Crippen molar-refractivity contribution in [1.82, 2.24) is 0 Å². The van der Waals surface area contributed by atoms with Gasteiger partial charge in [-0.2, -0.15) is 0 Å². The van der Waals surface area contributed by atoms with Crippen LogP contribution in [0.25, 0.3) is 0 Å². The molecule has 37 heavy (non-hydrogen) atoms. The largest absolute Gasteiger partial charge is 0.467 e. The molecule has 3 nitrogen and oxygen atoms in total. The first kappa shape index (κ1) is 29.4. The van der Waals surface area contributed by atoms with E-state index in [9.17, 15) is 4.79 Å². The van der Waals surface area contributed by atoms with Crippen LogP contribution >= 0.6 is 0 Å². The van der Waals surface area contributed by atoms with E-state index in [2.05, 4.69) is 74.6 Å². The van der Waals surface area contributed by atoms with Crippen LogP contribution in [0.5, 0.6) is 0 Å². The molecule has 3 fully saturated rings. The van der Waals surface area contributed by atoms with E-state index in [1.165, 1.54) is 52.1 Å². The first-order chi connectivity index (χ1) is 17.1. The van der Waals surface area contributed by atoms with Crippen molar-refractivity contribution in [1.29, 1.82) is 0 Å². The molecule has 0 heterocycles. The molecule has 211 valence electrons. The summed E-state index contributed by atoms with van der Waals surface area (Å²) in [6.07, 6.45) is 12.5. The van der Waals surface area contributed by atoms with Crippen LogP contribution < -0.4 is 0 Å². The van der Waals surface area contributed by atoms with Gasteiger partial charge in [-0.3, -0.25) is 0 Å². The van der Waals surface area contributed by atoms with Gasteiger partial charge in [0.2, 0.25) is 9.04 Å². The Morgan fingerprint density at radius 3 is 2.32 bits per heavy atom. The number of methoxy groups -OCH3 is 1. The van der Waals surface area contributed by atoms with Crippen molar-refractivity contribution in [2.45, 2.75) is 126 Å². The van der Waals surface area contributed by atoms with E-state index < -0.39 is 15.1 Å². The van der Waals surface area contributed by atoms with Crippen LogP contribution in [0, 0.1) is 57.2 Å². The molecule has 0 saturated heterocycles. The highest BCUT2D eigenvalue weighted by molar-refractivity contribution is 6.48. The number of ether oxygens (including phenoxy) is 1. The lowest BCUT2D eigenvalue weighted by Gasteiger charge is -2.63. The molecule has 0 bridgehead atoms. The number of carbonyl (C=O) groups is 1. The quantitative estimate of drug-likeness (QED) is 0.196. The molecule has 0 N–H and O–H groups in total. The summed E-state index contributed by atoms with van der Waals surface area (Å²) in [6, 6.07) is 0. The maximum absolute atomic E-state index is 12.5. The van der Waals surface area contributed by atoms with Gasteiger partial charge in [-0.25, -0.2) is 4.79 Å². The van der Waals surface area contributed by atoms with Crippen LogP contribution in [0.2, 0.25) is 13.1 Å². The van der Waals surface area contributed by atoms with E-state index in [1.807, 2.05) is 0 Å². The number of carbonyl (C=O) groups excluding carboxylic acids is 1. The van der Waals surface area contributed by atoms with Crippen LogP contribution in [0.3, 0.4) is 0 Å². The molecule has 0 aromatic carbocycles. The maximum Gasteiger partial charge on any atom is 0.333 e. The van der Waals surface area contributed by atoms with Gasteiger partial charge in [0.15, 0.2) is 0 Å².